The van der Waals surface area contributed by atoms with Crippen LogP contribution in [-0.4, -0.2) is 16.7 Å². The lowest BCUT2D eigenvalue weighted by atomic mass is 10.1. The van der Waals surface area contributed by atoms with E-state index >= 15 is 0 Å². The van der Waals surface area contributed by atoms with Crippen LogP contribution in [0.25, 0.3) is 11.3 Å². The fourth-order valence-corrected chi connectivity index (χ4v) is 3.05. The molecule has 4 rings (SSSR count). The Labute approximate surface area is 124 Å². The number of anilines is 1. The van der Waals surface area contributed by atoms with E-state index in [1.807, 2.05) is 6.07 Å². The lowest BCUT2D eigenvalue weighted by molar-refractivity contribution is 0.412. The van der Waals surface area contributed by atoms with Crippen LogP contribution in [0.2, 0.25) is 0 Å². The summed E-state index contributed by atoms with van der Waals surface area (Å²) < 4.78 is 7.63. The average molecular weight is 283 g/mol. The number of aromatic nitrogens is 2. The zero-order chi connectivity index (χ0) is 14.6. The van der Waals surface area contributed by atoms with Crippen molar-refractivity contribution in [2.45, 2.75) is 44.6 Å². The minimum absolute atomic E-state index is 0.584. The SMILES string of the molecule is COc1ccc(-c2nc(C3CC3)n(C3CC3)c2N)cc1C. The molecule has 4 nitrogen and oxygen atoms in total. The maximum Gasteiger partial charge on any atom is 0.132 e. The number of nitrogens with zero attached hydrogens (tertiary/aromatic N) is 2. The minimum atomic E-state index is 0.584. The fraction of sp³-hybridized carbons (Fsp3) is 0.471. The fourth-order valence-electron chi connectivity index (χ4n) is 3.05. The van der Waals surface area contributed by atoms with Gasteiger partial charge in [0.1, 0.15) is 23.1 Å². The molecule has 0 radical (unpaired) electrons. The smallest absolute Gasteiger partial charge is 0.132 e. The first-order valence-electron chi connectivity index (χ1n) is 7.71. The molecule has 0 unspecified atom stereocenters. The van der Waals surface area contributed by atoms with Gasteiger partial charge in [-0.05, 0) is 56.4 Å². The van der Waals surface area contributed by atoms with Gasteiger partial charge in [0, 0.05) is 17.5 Å². The van der Waals surface area contributed by atoms with Gasteiger partial charge in [0.05, 0.1) is 7.11 Å². The third-order valence-electron chi connectivity index (χ3n) is 4.50. The van der Waals surface area contributed by atoms with Crippen LogP contribution < -0.4 is 10.5 Å². The van der Waals surface area contributed by atoms with E-state index < -0.39 is 0 Å². The lowest BCUT2D eigenvalue weighted by Gasteiger charge is -2.08. The van der Waals surface area contributed by atoms with Gasteiger partial charge in [-0.2, -0.15) is 0 Å². The first-order chi connectivity index (χ1) is 10.2. The van der Waals surface area contributed by atoms with Gasteiger partial charge in [0.2, 0.25) is 0 Å². The summed E-state index contributed by atoms with van der Waals surface area (Å²) in [6.07, 6.45) is 4.98. The number of hydrogen-bond acceptors (Lipinski definition) is 3. The molecule has 0 atom stereocenters. The van der Waals surface area contributed by atoms with Gasteiger partial charge in [-0.3, -0.25) is 0 Å². The Bertz CT molecular complexity index is 696. The number of rotatable bonds is 4. The average Bonchev–Trinajstić information content (AvgIpc) is 3.36. The van der Waals surface area contributed by atoms with Crippen molar-refractivity contribution in [3.05, 3.63) is 29.6 Å². The van der Waals surface area contributed by atoms with E-state index in [1.165, 1.54) is 31.5 Å². The van der Waals surface area contributed by atoms with Crippen molar-refractivity contribution in [2.75, 3.05) is 12.8 Å². The van der Waals surface area contributed by atoms with Crippen LogP contribution in [0.4, 0.5) is 5.82 Å². The number of benzene rings is 1. The summed E-state index contributed by atoms with van der Waals surface area (Å²) in [5.74, 6) is 3.57. The van der Waals surface area contributed by atoms with Gasteiger partial charge in [-0.1, -0.05) is 0 Å². The van der Waals surface area contributed by atoms with E-state index in [-0.39, 0.29) is 0 Å². The van der Waals surface area contributed by atoms with Crippen molar-refractivity contribution >= 4 is 5.82 Å². The molecular weight excluding hydrogens is 262 g/mol. The van der Waals surface area contributed by atoms with Crippen molar-refractivity contribution in [3.8, 4) is 17.0 Å². The first kappa shape index (κ1) is 12.7. The molecule has 2 aliphatic rings. The maximum atomic E-state index is 6.43. The second kappa shape index (κ2) is 4.52. The van der Waals surface area contributed by atoms with E-state index in [2.05, 4.69) is 23.6 Å². The molecule has 4 heteroatoms. The van der Waals surface area contributed by atoms with Crippen LogP contribution in [0, 0.1) is 6.92 Å². The van der Waals surface area contributed by atoms with E-state index in [0.717, 1.165) is 28.4 Å². The first-order valence-corrected chi connectivity index (χ1v) is 7.71. The van der Waals surface area contributed by atoms with Crippen LogP contribution >= 0.6 is 0 Å². The molecule has 2 saturated carbocycles. The third kappa shape index (κ3) is 2.09. The molecule has 0 aliphatic heterocycles. The molecule has 0 amide bonds. The van der Waals surface area contributed by atoms with Crippen molar-refractivity contribution < 1.29 is 4.74 Å². The van der Waals surface area contributed by atoms with Crippen LogP contribution in [0.1, 0.15) is 49.0 Å². The topological polar surface area (TPSA) is 53.1 Å². The summed E-state index contributed by atoms with van der Waals surface area (Å²) in [5.41, 5.74) is 9.58. The molecule has 2 fully saturated rings. The maximum absolute atomic E-state index is 6.43. The summed E-state index contributed by atoms with van der Waals surface area (Å²) >= 11 is 0. The van der Waals surface area contributed by atoms with Gasteiger partial charge in [-0.25, -0.2) is 4.98 Å². The molecule has 1 aromatic heterocycles. The Balaban J connectivity index is 1.81. The van der Waals surface area contributed by atoms with Crippen molar-refractivity contribution in [1.29, 1.82) is 0 Å². The van der Waals surface area contributed by atoms with Gasteiger partial charge in [-0.15, -0.1) is 0 Å². The van der Waals surface area contributed by atoms with Crippen molar-refractivity contribution in [1.82, 2.24) is 9.55 Å². The Morgan fingerprint density at radius 3 is 2.57 bits per heavy atom. The molecule has 0 saturated heterocycles. The number of methoxy groups -OCH3 is 1. The zero-order valence-corrected chi connectivity index (χ0v) is 12.6. The van der Waals surface area contributed by atoms with Crippen LogP contribution in [-0.2, 0) is 0 Å². The van der Waals surface area contributed by atoms with Crippen molar-refractivity contribution in [3.63, 3.8) is 0 Å². The van der Waals surface area contributed by atoms with Gasteiger partial charge in [0.25, 0.3) is 0 Å². The van der Waals surface area contributed by atoms with Gasteiger partial charge < -0.3 is 15.0 Å². The summed E-state index contributed by atoms with van der Waals surface area (Å²) in [6, 6.07) is 6.75. The van der Waals surface area contributed by atoms with E-state index in [4.69, 9.17) is 15.5 Å². The largest absolute Gasteiger partial charge is 0.496 e. The highest BCUT2D eigenvalue weighted by Gasteiger charge is 2.36. The number of nitrogens with two attached hydrogens (primary N) is 1. The molecule has 110 valence electrons. The Hall–Kier alpha value is -1.97. The van der Waals surface area contributed by atoms with Crippen molar-refractivity contribution in [2.24, 2.45) is 0 Å². The highest BCUT2D eigenvalue weighted by molar-refractivity contribution is 5.73. The third-order valence-corrected chi connectivity index (χ3v) is 4.50. The molecule has 2 aromatic rings. The predicted octanol–water partition coefficient (Wildman–Crippen LogP) is 3.66. The highest BCUT2D eigenvalue weighted by atomic mass is 16.5. The number of hydrogen-bond donors (Lipinski definition) is 1. The standard InChI is InChI=1S/C17H21N3O/c1-10-9-12(5-8-14(10)21-2)15-16(18)20(13-6-7-13)17(19-15)11-3-4-11/h5,8-9,11,13H,3-4,6-7,18H2,1-2H3. The number of ether oxygens (including phenoxy) is 1. The molecule has 2 N–H and O–H groups in total. The number of aryl methyl sites for hydroxylation is 1. The van der Waals surface area contributed by atoms with E-state index in [9.17, 15) is 0 Å². The van der Waals surface area contributed by atoms with E-state index in [0.29, 0.717) is 12.0 Å². The normalized spacial score (nSPS) is 18.0. The Morgan fingerprint density at radius 1 is 1.24 bits per heavy atom. The highest BCUT2D eigenvalue weighted by Crippen LogP contribution is 2.48. The van der Waals surface area contributed by atoms with Crippen LogP contribution in [0.5, 0.6) is 5.75 Å². The Kier molecular flexibility index (Phi) is 2.74. The quantitative estimate of drug-likeness (QED) is 0.931. The Morgan fingerprint density at radius 2 is 2.00 bits per heavy atom. The second-order valence-electron chi connectivity index (χ2n) is 6.26. The lowest BCUT2D eigenvalue weighted by Crippen LogP contribution is -2.04. The van der Waals surface area contributed by atoms with Crippen LogP contribution in [0.3, 0.4) is 0 Å². The predicted molar refractivity (Wildman–Crippen MR) is 83.6 cm³/mol. The van der Waals surface area contributed by atoms with E-state index in [1.54, 1.807) is 7.11 Å². The molecule has 1 aromatic carbocycles. The molecule has 21 heavy (non-hydrogen) atoms. The second-order valence-corrected chi connectivity index (χ2v) is 6.26. The minimum Gasteiger partial charge on any atom is -0.496 e. The van der Waals surface area contributed by atoms with Gasteiger partial charge >= 0.3 is 0 Å². The summed E-state index contributed by atoms with van der Waals surface area (Å²) in [5, 5.41) is 0. The van der Waals surface area contributed by atoms with Crippen LogP contribution in [0.15, 0.2) is 18.2 Å². The monoisotopic (exact) mass is 283 g/mol. The summed E-state index contributed by atoms with van der Waals surface area (Å²) in [4.78, 5) is 4.90. The zero-order valence-electron chi connectivity index (χ0n) is 12.6. The van der Waals surface area contributed by atoms with Gasteiger partial charge in [0.15, 0.2) is 0 Å². The molecular formula is C17H21N3O. The number of nitrogen functional groups attached to an aromatic ring is 1. The summed E-state index contributed by atoms with van der Waals surface area (Å²) in [7, 11) is 1.70. The molecule has 0 bridgehead atoms. The molecule has 2 aliphatic carbocycles. The molecule has 1 heterocycles. The molecule has 0 spiro atoms. The summed E-state index contributed by atoms with van der Waals surface area (Å²) in [6.45, 7) is 2.05. The number of imidazole rings is 1.